The molecular formula is C15H26N4O2. The monoisotopic (exact) mass is 294 g/mol. The normalized spacial score (nSPS) is 16.6. The van der Waals surface area contributed by atoms with Crippen molar-refractivity contribution in [2.45, 2.75) is 77.7 Å². The van der Waals surface area contributed by atoms with Gasteiger partial charge in [-0.3, -0.25) is 4.79 Å². The highest BCUT2D eigenvalue weighted by Crippen LogP contribution is 2.42. The molecule has 1 aliphatic rings. The molecule has 1 aromatic rings. The molecule has 1 fully saturated rings. The van der Waals surface area contributed by atoms with E-state index >= 15 is 0 Å². The second-order valence-corrected chi connectivity index (χ2v) is 6.21. The Labute approximate surface area is 125 Å². The van der Waals surface area contributed by atoms with Crippen LogP contribution in [0.15, 0.2) is 0 Å². The van der Waals surface area contributed by atoms with Gasteiger partial charge in [0.15, 0.2) is 5.82 Å². The molecule has 0 radical (unpaired) electrons. The molecule has 21 heavy (non-hydrogen) atoms. The number of unbranched alkanes of at least 4 members (excludes halogenated alkanes) is 5. The number of hydrogen-bond acceptors (Lipinski definition) is 4. The molecule has 118 valence electrons. The maximum Gasteiger partial charge on any atom is 0.311 e. The zero-order valence-corrected chi connectivity index (χ0v) is 12.9. The minimum absolute atomic E-state index is 0.417. The SMILES string of the molecule is CCCCCCCCc1nnnn1CC1(C(=O)O)CCC1. The zero-order valence-electron chi connectivity index (χ0n) is 12.9. The van der Waals surface area contributed by atoms with Gasteiger partial charge in [0.05, 0.1) is 12.0 Å². The predicted molar refractivity (Wildman–Crippen MR) is 78.8 cm³/mol. The van der Waals surface area contributed by atoms with E-state index in [1.165, 1.54) is 32.1 Å². The maximum absolute atomic E-state index is 11.4. The molecule has 0 aliphatic heterocycles. The average Bonchev–Trinajstić information content (AvgIpc) is 2.84. The van der Waals surface area contributed by atoms with Gasteiger partial charge in [-0.05, 0) is 29.7 Å². The number of carboxylic acid groups (broad SMARTS) is 1. The van der Waals surface area contributed by atoms with Crippen molar-refractivity contribution in [2.75, 3.05) is 0 Å². The summed E-state index contributed by atoms with van der Waals surface area (Å²) in [5.41, 5.74) is -0.634. The summed E-state index contributed by atoms with van der Waals surface area (Å²) in [7, 11) is 0. The van der Waals surface area contributed by atoms with Gasteiger partial charge >= 0.3 is 5.97 Å². The second kappa shape index (κ2) is 7.52. The molecule has 0 amide bonds. The van der Waals surface area contributed by atoms with Crippen LogP contribution in [0.5, 0.6) is 0 Å². The Morgan fingerprint density at radius 1 is 1.24 bits per heavy atom. The van der Waals surface area contributed by atoms with Gasteiger partial charge in [-0.25, -0.2) is 4.68 Å². The zero-order chi connectivity index (χ0) is 15.1. The van der Waals surface area contributed by atoms with E-state index in [9.17, 15) is 9.90 Å². The number of rotatable bonds is 10. The summed E-state index contributed by atoms with van der Waals surface area (Å²) in [6.07, 6.45) is 10.7. The molecule has 1 heterocycles. The number of aryl methyl sites for hydroxylation is 1. The fourth-order valence-electron chi connectivity index (χ4n) is 2.92. The van der Waals surface area contributed by atoms with Crippen LogP contribution in [0.3, 0.4) is 0 Å². The van der Waals surface area contributed by atoms with Gasteiger partial charge in [-0.15, -0.1) is 5.10 Å². The molecule has 0 saturated heterocycles. The van der Waals surface area contributed by atoms with E-state index in [0.29, 0.717) is 6.54 Å². The lowest BCUT2D eigenvalue weighted by Crippen LogP contribution is -2.42. The minimum Gasteiger partial charge on any atom is -0.481 e. The Balaban J connectivity index is 1.80. The fraction of sp³-hybridized carbons (Fsp3) is 0.867. The van der Waals surface area contributed by atoms with Gasteiger partial charge in [0.1, 0.15) is 0 Å². The standard InChI is InChI=1S/C15H26N4O2/c1-2-3-4-5-6-7-9-13-16-17-18-19(13)12-15(14(20)21)10-8-11-15/h2-12H2,1H3,(H,20,21). The first-order valence-electron chi connectivity index (χ1n) is 8.16. The Kier molecular flexibility index (Phi) is 5.70. The quantitative estimate of drug-likeness (QED) is 0.671. The van der Waals surface area contributed by atoms with Crippen LogP contribution >= 0.6 is 0 Å². The number of carboxylic acids is 1. The third kappa shape index (κ3) is 4.02. The summed E-state index contributed by atoms with van der Waals surface area (Å²) < 4.78 is 1.71. The molecule has 1 aromatic heterocycles. The van der Waals surface area contributed by atoms with Crippen LogP contribution < -0.4 is 0 Å². The van der Waals surface area contributed by atoms with Gasteiger partial charge in [-0.2, -0.15) is 0 Å². The number of hydrogen-bond donors (Lipinski definition) is 1. The van der Waals surface area contributed by atoms with Gasteiger partial charge < -0.3 is 5.11 Å². The highest BCUT2D eigenvalue weighted by atomic mass is 16.4. The number of nitrogens with zero attached hydrogens (tertiary/aromatic N) is 4. The first kappa shape index (κ1) is 15.9. The van der Waals surface area contributed by atoms with Crippen LogP contribution in [0.2, 0.25) is 0 Å². The third-order valence-electron chi connectivity index (χ3n) is 4.58. The molecule has 1 N–H and O–H groups in total. The summed E-state index contributed by atoms with van der Waals surface area (Å²) in [4.78, 5) is 11.4. The Morgan fingerprint density at radius 3 is 2.57 bits per heavy atom. The molecule has 0 atom stereocenters. The first-order valence-corrected chi connectivity index (χ1v) is 8.16. The van der Waals surface area contributed by atoms with Gasteiger partial charge in [0.25, 0.3) is 0 Å². The molecule has 1 saturated carbocycles. The molecule has 0 bridgehead atoms. The number of aliphatic carboxylic acids is 1. The van der Waals surface area contributed by atoms with E-state index in [4.69, 9.17) is 0 Å². The highest BCUT2D eigenvalue weighted by molar-refractivity contribution is 5.75. The van der Waals surface area contributed by atoms with E-state index in [2.05, 4.69) is 22.4 Å². The van der Waals surface area contributed by atoms with Gasteiger partial charge in [0.2, 0.25) is 0 Å². The van der Waals surface area contributed by atoms with Crippen molar-refractivity contribution < 1.29 is 9.90 Å². The summed E-state index contributed by atoms with van der Waals surface area (Å²) in [6.45, 7) is 2.63. The van der Waals surface area contributed by atoms with Crippen molar-refractivity contribution in [3.63, 3.8) is 0 Å². The van der Waals surface area contributed by atoms with Crippen molar-refractivity contribution in [2.24, 2.45) is 5.41 Å². The van der Waals surface area contributed by atoms with Crippen molar-refractivity contribution in [3.05, 3.63) is 5.82 Å². The van der Waals surface area contributed by atoms with E-state index in [-0.39, 0.29) is 0 Å². The topological polar surface area (TPSA) is 80.9 Å². The molecule has 0 spiro atoms. The van der Waals surface area contributed by atoms with Crippen LogP contribution in [0.25, 0.3) is 0 Å². The van der Waals surface area contributed by atoms with Crippen LogP contribution in [0.1, 0.15) is 70.5 Å². The fourth-order valence-corrected chi connectivity index (χ4v) is 2.92. The van der Waals surface area contributed by atoms with Crippen molar-refractivity contribution in [1.82, 2.24) is 20.2 Å². The predicted octanol–water partition coefficient (Wildman–Crippen LogP) is 2.83. The van der Waals surface area contributed by atoms with Crippen molar-refractivity contribution in [3.8, 4) is 0 Å². The average molecular weight is 294 g/mol. The third-order valence-corrected chi connectivity index (χ3v) is 4.58. The van der Waals surface area contributed by atoms with E-state index in [1.54, 1.807) is 4.68 Å². The molecule has 1 aliphatic carbocycles. The molecule has 0 aromatic carbocycles. The Hall–Kier alpha value is -1.46. The number of aromatic nitrogens is 4. The van der Waals surface area contributed by atoms with Crippen LogP contribution in [0, 0.1) is 5.41 Å². The molecule has 2 rings (SSSR count). The van der Waals surface area contributed by atoms with Crippen LogP contribution in [0.4, 0.5) is 0 Å². The lowest BCUT2D eigenvalue weighted by molar-refractivity contribution is -0.156. The van der Waals surface area contributed by atoms with Gasteiger partial charge in [0, 0.05) is 6.42 Å². The summed E-state index contributed by atoms with van der Waals surface area (Å²) in [5.74, 6) is 0.118. The second-order valence-electron chi connectivity index (χ2n) is 6.21. The first-order chi connectivity index (χ1) is 10.2. The van der Waals surface area contributed by atoms with E-state index in [0.717, 1.165) is 37.9 Å². The van der Waals surface area contributed by atoms with Gasteiger partial charge in [-0.1, -0.05) is 45.4 Å². The lowest BCUT2D eigenvalue weighted by atomic mass is 9.69. The summed E-state index contributed by atoms with van der Waals surface area (Å²) in [5, 5.41) is 21.2. The van der Waals surface area contributed by atoms with E-state index < -0.39 is 11.4 Å². The van der Waals surface area contributed by atoms with Crippen LogP contribution in [-0.2, 0) is 17.8 Å². The Bertz CT molecular complexity index is 454. The van der Waals surface area contributed by atoms with Crippen LogP contribution in [-0.4, -0.2) is 31.3 Å². The summed E-state index contributed by atoms with van der Waals surface area (Å²) >= 11 is 0. The van der Waals surface area contributed by atoms with Crippen molar-refractivity contribution >= 4 is 5.97 Å². The summed E-state index contributed by atoms with van der Waals surface area (Å²) in [6, 6.07) is 0. The molecule has 0 unspecified atom stereocenters. The molecular weight excluding hydrogens is 268 g/mol. The van der Waals surface area contributed by atoms with Crippen molar-refractivity contribution in [1.29, 1.82) is 0 Å². The number of tetrazole rings is 1. The smallest absolute Gasteiger partial charge is 0.311 e. The Morgan fingerprint density at radius 2 is 1.95 bits per heavy atom. The van der Waals surface area contributed by atoms with E-state index in [1.807, 2.05) is 0 Å². The lowest BCUT2D eigenvalue weighted by Gasteiger charge is -2.37. The molecule has 6 heteroatoms. The molecule has 6 nitrogen and oxygen atoms in total. The number of carbonyl (C=O) groups is 1. The maximum atomic E-state index is 11.4. The minimum atomic E-state index is -0.713. The highest BCUT2D eigenvalue weighted by Gasteiger charge is 2.45. The largest absolute Gasteiger partial charge is 0.481 e.